The van der Waals surface area contributed by atoms with Gasteiger partial charge in [0.25, 0.3) is 6.29 Å². The van der Waals surface area contributed by atoms with E-state index in [2.05, 4.69) is 0 Å². The summed E-state index contributed by atoms with van der Waals surface area (Å²) in [5.74, 6) is -1.63. The molecule has 0 heterocycles. The molecule has 0 radical (unpaired) electrons. The van der Waals surface area contributed by atoms with Crippen LogP contribution < -0.4 is 5.73 Å². The average molecular weight is 137 g/mol. The Kier molecular flexibility index (Phi) is 9.14. The number of hydrogen-bond donors (Lipinski definition) is 4. The summed E-state index contributed by atoms with van der Waals surface area (Å²) in [5.41, 5.74) is 4.85. The SMILES string of the molecule is CCN.O=C(O)C(O)O. The number of carboxylic acids is 1. The van der Waals surface area contributed by atoms with Crippen LogP contribution in [-0.4, -0.2) is 34.1 Å². The number of aliphatic hydroxyl groups excluding tert-OH is 1. The molecular weight excluding hydrogens is 126 g/mol. The Hall–Kier alpha value is -0.650. The van der Waals surface area contributed by atoms with E-state index in [0.717, 1.165) is 6.54 Å². The van der Waals surface area contributed by atoms with Gasteiger partial charge in [0.05, 0.1) is 0 Å². The topological polar surface area (TPSA) is 104 Å². The molecule has 0 spiro atoms. The van der Waals surface area contributed by atoms with E-state index in [1.54, 1.807) is 0 Å². The lowest BCUT2D eigenvalue weighted by molar-refractivity contribution is -0.165. The zero-order valence-corrected chi connectivity index (χ0v) is 5.11. The Morgan fingerprint density at radius 1 is 1.67 bits per heavy atom. The number of rotatable bonds is 1. The zero-order chi connectivity index (χ0) is 7.86. The van der Waals surface area contributed by atoms with Crippen molar-refractivity contribution in [3.05, 3.63) is 0 Å². The summed E-state index contributed by atoms with van der Waals surface area (Å²) in [6.45, 7) is 2.65. The second kappa shape index (κ2) is 7.35. The van der Waals surface area contributed by atoms with E-state index < -0.39 is 12.3 Å². The number of aliphatic carboxylic acids is 1. The van der Waals surface area contributed by atoms with E-state index >= 15 is 0 Å². The molecule has 0 bridgehead atoms. The highest BCUT2D eigenvalue weighted by molar-refractivity contribution is 5.69. The molecule has 0 aromatic carbocycles. The third-order valence-corrected chi connectivity index (χ3v) is 0.221. The van der Waals surface area contributed by atoms with Crippen LogP contribution in [0, 0.1) is 0 Å². The molecule has 5 nitrogen and oxygen atoms in total. The summed E-state index contributed by atoms with van der Waals surface area (Å²) in [6, 6.07) is 0. The van der Waals surface area contributed by atoms with E-state index in [-0.39, 0.29) is 0 Å². The maximum Gasteiger partial charge on any atom is 0.360 e. The molecule has 0 atom stereocenters. The normalized spacial score (nSPS) is 8.11. The van der Waals surface area contributed by atoms with Crippen LogP contribution in [0.15, 0.2) is 0 Å². The highest BCUT2D eigenvalue weighted by atomic mass is 16.5. The summed E-state index contributed by atoms with van der Waals surface area (Å²) in [5, 5.41) is 22.7. The molecule has 0 saturated carbocycles. The molecule has 0 aromatic heterocycles. The maximum absolute atomic E-state index is 9.20. The first-order valence-corrected chi connectivity index (χ1v) is 2.35. The van der Waals surface area contributed by atoms with Gasteiger partial charge in [-0.1, -0.05) is 6.92 Å². The Labute approximate surface area is 52.7 Å². The van der Waals surface area contributed by atoms with Crippen LogP contribution in [0.25, 0.3) is 0 Å². The van der Waals surface area contributed by atoms with E-state index in [1.165, 1.54) is 0 Å². The van der Waals surface area contributed by atoms with Gasteiger partial charge in [0.1, 0.15) is 0 Å². The summed E-state index contributed by atoms with van der Waals surface area (Å²) in [7, 11) is 0. The van der Waals surface area contributed by atoms with E-state index in [4.69, 9.17) is 21.1 Å². The minimum atomic E-state index is -2.23. The maximum atomic E-state index is 9.20. The summed E-state index contributed by atoms with van der Waals surface area (Å²) >= 11 is 0. The molecule has 5 N–H and O–H groups in total. The third kappa shape index (κ3) is 18.7. The highest BCUT2D eigenvalue weighted by Gasteiger charge is 2.04. The lowest BCUT2D eigenvalue weighted by Crippen LogP contribution is -2.17. The highest BCUT2D eigenvalue weighted by Crippen LogP contribution is 1.67. The van der Waals surface area contributed by atoms with Gasteiger partial charge in [0.2, 0.25) is 0 Å². The number of carboxylic acid groups (broad SMARTS) is 1. The van der Waals surface area contributed by atoms with Crippen molar-refractivity contribution in [1.82, 2.24) is 0 Å². The van der Waals surface area contributed by atoms with Crippen molar-refractivity contribution in [1.29, 1.82) is 0 Å². The molecule has 0 fully saturated rings. The number of carbonyl (C=O) groups is 1. The van der Waals surface area contributed by atoms with Gasteiger partial charge in [-0.25, -0.2) is 4.79 Å². The van der Waals surface area contributed by atoms with Crippen LogP contribution >= 0.6 is 0 Å². The molecule has 0 aromatic rings. The summed E-state index contributed by atoms with van der Waals surface area (Å²) in [4.78, 5) is 9.20. The van der Waals surface area contributed by atoms with Gasteiger partial charge < -0.3 is 21.1 Å². The molecule has 0 aliphatic heterocycles. The third-order valence-electron chi connectivity index (χ3n) is 0.221. The first-order chi connectivity index (χ1) is 4.06. The largest absolute Gasteiger partial charge is 0.477 e. The van der Waals surface area contributed by atoms with Crippen LogP contribution in [-0.2, 0) is 4.79 Å². The molecule has 0 aliphatic carbocycles. The van der Waals surface area contributed by atoms with Crippen molar-refractivity contribution in [2.24, 2.45) is 5.73 Å². The fraction of sp³-hybridized carbons (Fsp3) is 0.750. The predicted octanol–water partition coefficient (Wildman–Crippen LogP) is -1.65. The van der Waals surface area contributed by atoms with Gasteiger partial charge in [-0.3, -0.25) is 0 Å². The lowest BCUT2D eigenvalue weighted by Gasteiger charge is -1.88. The van der Waals surface area contributed by atoms with Gasteiger partial charge in [-0.15, -0.1) is 0 Å². The van der Waals surface area contributed by atoms with Gasteiger partial charge in [-0.05, 0) is 6.54 Å². The van der Waals surface area contributed by atoms with Crippen molar-refractivity contribution in [3.63, 3.8) is 0 Å². The van der Waals surface area contributed by atoms with Crippen LogP contribution in [0.1, 0.15) is 6.92 Å². The van der Waals surface area contributed by atoms with Gasteiger partial charge in [0, 0.05) is 0 Å². The Bertz CT molecular complexity index is 73.0. The Morgan fingerprint density at radius 2 is 1.78 bits per heavy atom. The molecular formula is C4H11NO4. The number of nitrogens with two attached hydrogens (primary N) is 1. The monoisotopic (exact) mass is 137 g/mol. The van der Waals surface area contributed by atoms with Crippen LogP contribution in [0.5, 0.6) is 0 Å². The minimum Gasteiger partial charge on any atom is -0.477 e. The van der Waals surface area contributed by atoms with E-state index in [9.17, 15) is 4.79 Å². The van der Waals surface area contributed by atoms with Crippen LogP contribution in [0.3, 0.4) is 0 Å². The second-order valence-corrected chi connectivity index (χ2v) is 1.12. The Balaban J connectivity index is 0. The standard InChI is InChI=1S/C2H7N.C2H4O4/c1-2-3;3-1(4)2(5)6/h2-3H2,1H3;1,3-4H,(H,5,6). The van der Waals surface area contributed by atoms with Gasteiger partial charge >= 0.3 is 5.97 Å². The first-order valence-electron chi connectivity index (χ1n) is 2.35. The molecule has 0 saturated heterocycles. The average Bonchev–Trinajstić information content (AvgIpc) is 1.68. The fourth-order valence-electron chi connectivity index (χ4n) is 0. The van der Waals surface area contributed by atoms with Crippen molar-refractivity contribution in [3.8, 4) is 0 Å². The van der Waals surface area contributed by atoms with Gasteiger partial charge in [-0.2, -0.15) is 0 Å². The lowest BCUT2D eigenvalue weighted by atomic mass is 10.7. The minimum absolute atomic E-state index is 0.750. The predicted molar refractivity (Wildman–Crippen MR) is 30.6 cm³/mol. The molecule has 56 valence electrons. The fourth-order valence-corrected chi connectivity index (χ4v) is 0. The molecule has 0 amide bonds. The van der Waals surface area contributed by atoms with Crippen LogP contribution in [0.2, 0.25) is 0 Å². The van der Waals surface area contributed by atoms with E-state index in [0.29, 0.717) is 0 Å². The smallest absolute Gasteiger partial charge is 0.360 e. The number of aliphatic hydroxyl groups is 2. The van der Waals surface area contributed by atoms with Crippen molar-refractivity contribution < 1.29 is 20.1 Å². The van der Waals surface area contributed by atoms with Gasteiger partial charge in [0.15, 0.2) is 0 Å². The molecule has 5 heteroatoms. The molecule has 0 unspecified atom stereocenters. The quantitative estimate of drug-likeness (QED) is 0.324. The van der Waals surface area contributed by atoms with Crippen molar-refractivity contribution in [2.75, 3.05) is 6.54 Å². The van der Waals surface area contributed by atoms with E-state index in [1.807, 2.05) is 6.92 Å². The van der Waals surface area contributed by atoms with Crippen molar-refractivity contribution >= 4 is 5.97 Å². The first kappa shape index (κ1) is 11.2. The molecule has 0 rings (SSSR count). The second-order valence-electron chi connectivity index (χ2n) is 1.12. The summed E-state index contributed by atoms with van der Waals surface area (Å²) < 4.78 is 0. The molecule has 9 heavy (non-hydrogen) atoms. The zero-order valence-electron chi connectivity index (χ0n) is 5.11. The van der Waals surface area contributed by atoms with Crippen LogP contribution in [0.4, 0.5) is 0 Å². The molecule has 0 aliphatic rings. The Morgan fingerprint density at radius 3 is 1.78 bits per heavy atom. The summed E-state index contributed by atoms with van der Waals surface area (Å²) in [6.07, 6.45) is -2.23. The number of hydrogen-bond acceptors (Lipinski definition) is 4. The van der Waals surface area contributed by atoms with Crippen molar-refractivity contribution in [2.45, 2.75) is 13.2 Å².